The maximum absolute atomic E-state index is 11.6. The van der Waals surface area contributed by atoms with Gasteiger partial charge in [-0.15, -0.1) is 0 Å². The van der Waals surface area contributed by atoms with Gasteiger partial charge >= 0.3 is 5.97 Å². The predicted octanol–water partition coefficient (Wildman–Crippen LogP) is 2.30. The van der Waals surface area contributed by atoms with E-state index in [1.807, 2.05) is 0 Å². The molecule has 0 radical (unpaired) electrons. The Bertz CT molecular complexity index is 831. The van der Waals surface area contributed by atoms with E-state index >= 15 is 0 Å². The SMILES string of the molecule is O=C(O)c1cc2cc3ccc(O)cc3oc-2cc1=O. The Morgan fingerprint density at radius 3 is 2.63 bits per heavy atom. The Hall–Kier alpha value is -2.82. The van der Waals surface area contributed by atoms with E-state index in [2.05, 4.69) is 0 Å². The van der Waals surface area contributed by atoms with E-state index in [1.54, 1.807) is 12.1 Å². The molecule has 0 saturated carbocycles. The topological polar surface area (TPSA) is 87.7 Å². The summed E-state index contributed by atoms with van der Waals surface area (Å²) in [4.78, 5) is 22.5. The zero-order valence-corrected chi connectivity index (χ0v) is 9.58. The lowest BCUT2D eigenvalue weighted by atomic mass is 10.0. The van der Waals surface area contributed by atoms with Crippen molar-refractivity contribution in [3.63, 3.8) is 0 Å². The molecular formula is C14H8O5. The molecule has 0 bridgehead atoms. The van der Waals surface area contributed by atoms with Gasteiger partial charge in [0.25, 0.3) is 0 Å². The standard InChI is InChI=1S/C14H8O5/c15-9-2-1-7-3-8-4-10(14(17)18)11(16)6-13(8)19-12(7)5-9/h1-6,15H,(H,17,18). The number of carboxylic acid groups (broad SMARTS) is 1. The molecule has 1 aromatic carbocycles. The van der Waals surface area contributed by atoms with Crippen LogP contribution in [0.1, 0.15) is 10.4 Å². The fraction of sp³-hybridized carbons (Fsp3) is 0. The highest BCUT2D eigenvalue weighted by Gasteiger charge is 2.15. The molecule has 1 heterocycles. The van der Waals surface area contributed by atoms with Gasteiger partial charge in [-0.2, -0.15) is 0 Å². The van der Waals surface area contributed by atoms with E-state index in [9.17, 15) is 14.7 Å². The van der Waals surface area contributed by atoms with Crippen molar-refractivity contribution in [1.82, 2.24) is 0 Å². The number of hydrogen-bond donors (Lipinski definition) is 2. The molecule has 0 amide bonds. The highest BCUT2D eigenvalue weighted by Crippen LogP contribution is 2.29. The molecule has 0 spiro atoms. The molecule has 1 aliphatic heterocycles. The first-order valence-corrected chi connectivity index (χ1v) is 5.48. The minimum Gasteiger partial charge on any atom is -0.508 e. The fourth-order valence-corrected chi connectivity index (χ4v) is 1.96. The first-order chi connectivity index (χ1) is 9.04. The summed E-state index contributed by atoms with van der Waals surface area (Å²) in [5, 5.41) is 19.0. The Labute approximate surface area is 106 Å². The number of rotatable bonds is 1. The summed E-state index contributed by atoms with van der Waals surface area (Å²) in [5.41, 5.74) is 0.0502. The van der Waals surface area contributed by atoms with Gasteiger partial charge in [0, 0.05) is 23.1 Å². The first kappa shape index (κ1) is 11.3. The molecule has 3 rings (SSSR count). The third kappa shape index (κ3) is 1.81. The molecular weight excluding hydrogens is 248 g/mol. The van der Waals surface area contributed by atoms with E-state index < -0.39 is 11.4 Å². The van der Waals surface area contributed by atoms with Gasteiger partial charge in [0.05, 0.1) is 0 Å². The number of carboxylic acids is 1. The highest BCUT2D eigenvalue weighted by atomic mass is 16.4. The van der Waals surface area contributed by atoms with Crippen molar-refractivity contribution in [2.45, 2.75) is 0 Å². The molecule has 0 unspecified atom stereocenters. The van der Waals surface area contributed by atoms with Crippen molar-refractivity contribution >= 4 is 16.9 Å². The largest absolute Gasteiger partial charge is 0.508 e. The third-order valence-corrected chi connectivity index (χ3v) is 2.87. The number of aromatic hydroxyl groups is 1. The van der Waals surface area contributed by atoms with Crippen LogP contribution in [0.5, 0.6) is 5.75 Å². The van der Waals surface area contributed by atoms with Gasteiger partial charge < -0.3 is 14.6 Å². The summed E-state index contributed by atoms with van der Waals surface area (Å²) >= 11 is 0. The van der Waals surface area contributed by atoms with E-state index in [1.165, 1.54) is 18.2 Å². The molecule has 0 aromatic heterocycles. The molecule has 0 fully saturated rings. The quantitative estimate of drug-likeness (QED) is 0.652. The Morgan fingerprint density at radius 2 is 1.89 bits per heavy atom. The number of phenols is 1. The molecule has 1 aliphatic carbocycles. The van der Waals surface area contributed by atoms with E-state index in [0.717, 1.165) is 6.07 Å². The molecule has 5 nitrogen and oxygen atoms in total. The maximum Gasteiger partial charge on any atom is 0.339 e. The van der Waals surface area contributed by atoms with Crippen LogP contribution in [0.15, 0.2) is 45.6 Å². The number of fused-ring (bicyclic) bond motifs is 2. The van der Waals surface area contributed by atoms with Crippen molar-refractivity contribution in [3.05, 3.63) is 52.2 Å². The lowest BCUT2D eigenvalue weighted by Gasteiger charge is -2.07. The third-order valence-electron chi connectivity index (χ3n) is 2.87. The van der Waals surface area contributed by atoms with Gasteiger partial charge in [-0.3, -0.25) is 4.79 Å². The molecule has 0 saturated heterocycles. The number of benzene rings is 2. The second-order valence-electron chi connectivity index (χ2n) is 4.16. The lowest BCUT2D eigenvalue weighted by molar-refractivity contribution is 0.0695. The molecule has 5 heteroatoms. The number of hydrogen-bond acceptors (Lipinski definition) is 4. The van der Waals surface area contributed by atoms with Crippen LogP contribution in [-0.4, -0.2) is 16.2 Å². The molecule has 0 atom stereocenters. The average Bonchev–Trinajstić information content (AvgIpc) is 2.35. The minimum atomic E-state index is -1.27. The van der Waals surface area contributed by atoms with Crippen LogP contribution in [-0.2, 0) is 0 Å². The first-order valence-electron chi connectivity index (χ1n) is 5.48. The number of carbonyl (C=O) groups is 1. The molecule has 2 N–H and O–H groups in total. The van der Waals surface area contributed by atoms with Crippen LogP contribution >= 0.6 is 0 Å². The van der Waals surface area contributed by atoms with Gasteiger partial charge in [0.15, 0.2) is 5.43 Å². The van der Waals surface area contributed by atoms with Crippen LogP contribution in [0.3, 0.4) is 0 Å². The maximum atomic E-state index is 11.6. The lowest BCUT2D eigenvalue weighted by Crippen LogP contribution is -2.14. The molecule has 1 aromatic rings. The smallest absolute Gasteiger partial charge is 0.339 e. The second kappa shape index (κ2) is 3.84. The Kier molecular flexibility index (Phi) is 2.28. The zero-order chi connectivity index (χ0) is 13.6. The van der Waals surface area contributed by atoms with Crippen molar-refractivity contribution in [1.29, 1.82) is 0 Å². The summed E-state index contributed by atoms with van der Waals surface area (Å²) in [5.74, 6) is -0.925. The van der Waals surface area contributed by atoms with Crippen molar-refractivity contribution in [2.75, 3.05) is 0 Å². The van der Waals surface area contributed by atoms with E-state index in [0.29, 0.717) is 16.5 Å². The summed E-state index contributed by atoms with van der Waals surface area (Å²) in [6.45, 7) is 0. The minimum absolute atomic E-state index is 0.0557. The van der Waals surface area contributed by atoms with E-state index in [4.69, 9.17) is 9.52 Å². The summed E-state index contributed by atoms with van der Waals surface area (Å²) in [7, 11) is 0. The number of phenolic OH excluding ortho intramolecular Hbond substituents is 1. The van der Waals surface area contributed by atoms with Crippen LogP contribution in [0, 0.1) is 0 Å². The normalized spacial score (nSPS) is 10.9. The molecule has 94 valence electrons. The second-order valence-corrected chi connectivity index (χ2v) is 4.16. The van der Waals surface area contributed by atoms with Crippen molar-refractivity contribution in [2.24, 2.45) is 0 Å². The monoisotopic (exact) mass is 256 g/mol. The average molecular weight is 256 g/mol. The molecule has 2 aliphatic rings. The summed E-state index contributed by atoms with van der Waals surface area (Å²) in [6, 6.07) is 8.73. The highest BCUT2D eigenvalue weighted by molar-refractivity contribution is 5.91. The van der Waals surface area contributed by atoms with Crippen molar-refractivity contribution < 1.29 is 19.4 Å². The summed E-state index contributed by atoms with van der Waals surface area (Å²) < 4.78 is 5.49. The van der Waals surface area contributed by atoms with Gasteiger partial charge in [-0.25, -0.2) is 4.79 Å². The van der Waals surface area contributed by atoms with Gasteiger partial charge in [-0.1, -0.05) is 0 Å². The van der Waals surface area contributed by atoms with Crippen molar-refractivity contribution in [3.8, 4) is 17.1 Å². The predicted molar refractivity (Wildman–Crippen MR) is 67.7 cm³/mol. The fourth-order valence-electron chi connectivity index (χ4n) is 1.96. The van der Waals surface area contributed by atoms with Gasteiger partial charge in [-0.05, 0) is 24.3 Å². The molecule has 19 heavy (non-hydrogen) atoms. The Morgan fingerprint density at radius 1 is 1.11 bits per heavy atom. The van der Waals surface area contributed by atoms with Crippen LogP contribution in [0.25, 0.3) is 22.3 Å². The Balaban J connectivity index is 2.39. The van der Waals surface area contributed by atoms with Crippen LogP contribution < -0.4 is 5.43 Å². The summed E-state index contributed by atoms with van der Waals surface area (Å²) in [6.07, 6.45) is 0. The van der Waals surface area contributed by atoms with Crippen LogP contribution in [0.4, 0.5) is 0 Å². The zero-order valence-electron chi connectivity index (χ0n) is 9.58. The van der Waals surface area contributed by atoms with Crippen LogP contribution in [0.2, 0.25) is 0 Å². The van der Waals surface area contributed by atoms with E-state index in [-0.39, 0.29) is 17.1 Å². The van der Waals surface area contributed by atoms with Gasteiger partial charge in [0.1, 0.15) is 22.7 Å². The van der Waals surface area contributed by atoms with Gasteiger partial charge in [0.2, 0.25) is 0 Å². The number of aromatic carboxylic acids is 1.